The number of aromatic nitrogens is 4. The number of unbranched alkanes of at least 4 members (excludes halogenated alkanes) is 2. The van der Waals surface area contributed by atoms with E-state index in [1.54, 1.807) is 6.92 Å². The van der Waals surface area contributed by atoms with E-state index in [0.717, 1.165) is 12.0 Å². The van der Waals surface area contributed by atoms with E-state index in [9.17, 15) is 15.0 Å². The molecule has 0 aliphatic carbocycles. The van der Waals surface area contributed by atoms with Crippen molar-refractivity contribution in [1.29, 1.82) is 0 Å². The third kappa shape index (κ3) is 5.73. The Labute approximate surface area is 215 Å². The molecule has 1 aromatic carbocycles. The van der Waals surface area contributed by atoms with E-state index in [0.29, 0.717) is 24.1 Å². The Morgan fingerprint density at radius 1 is 1.16 bits per heavy atom. The standard InChI is InChI=1S/C26H32N6O5/c1-4-6-7-8-17-9-11-18(12-10-17)13-14-19-28-23(30-36-3)20-24(29-19)32(15-27-20)26-22(35)21(34)25(37-26)31(5-2)16-33/h9-12,15-16,21-22,25-26,34-35H,4-8H2,1-3H3,(H,28,29,30)/t21-,22+,25-,26+/m0/s1. The molecule has 1 aliphatic rings. The third-order valence-electron chi connectivity index (χ3n) is 6.28. The minimum Gasteiger partial charge on any atom is -0.385 e. The lowest BCUT2D eigenvalue weighted by Crippen LogP contribution is -2.43. The van der Waals surface area contributed by atoms with Gasteiger partial charge in [0.05, 0.1) is 13.4 Å². The lowest BCUT2D eigenvalue weighted by atomic mass is 10.1. The molecule has 0 bridgehead atoms. The van der Waals surface area contributed by atoms with Gasteiger partial charge in [0.25, 0.3) is 0 Å². The van der Waals surface area contributed by atoms with Crippen LogP contribution in [0.15, 0.2) is 30.6 Å². The predicted molar refractivity (Wildman–Crippen MR) is 136 cm³/mol. The quantitative estimate of drug-likeness (QED) is 0.163. The number of fused-ring (bicyclic) bond motifs is 1. The van der Waals surface area contributed by atoms with Gasteiger partial charge in [-0.3, -0.25) is 14.2 Å². The molecule has 0 spiro atoms. The maximum Gasteiger partial charge on any atom is 0.211 e. The highest BCUT2D eigenvalue weighted by molar-refractivity contribution is 5.83. The van der Waals surface area contributed by atoms with Crippen molar-refractivity contribution in [3.63, 3.8) is 0 Å². The molecular formula is C26H32N6O5. The number of rotatable bonds is 10. The summed E-state index contributed by atoms with van der Waals surface area (Å²) in [6.45, 7) is 4.24. The molecule has 37 heavy (non-hydrogen) atoms. The topological polar surface area (TPSA) is 135 Å². The highest BCUT2D eigenvalue weighted by atomic mass is 16.6. The van der Waals surface area contributed by atoms with Gasteiger partial charge in [0.1, 0.15) is 12.2 Å². The average molecular weight is 509 g/mol. The molecule has 3 aromatic rings. The molecule has 0 unspecified atom stereocenters. The van der Waals surface area contributed by atoms with Gasteiger partial charge >= 0.3 is 0 Å². The van der Waals surface area contributed by atoms with Gasteiger partial charge in [0.15, 0.2) is 29.4 Å². The first-order valence-electron chi connectivity index (χ1n) is 12.4. The second kappa shape index (κ2) is 12.1. The average Bonchev–Trinajstić information content (AvgIpc) is 3.46. The summed E-state index contributed by atoms with van der Waals surface area (Å²) < 4.78 is 7.35. The number of hydrogen-bond donors (Lipinski definition) is 3. The molecule has 0 radical (unpaired) electrons. The number of imidazole rings is 1. The number of aryl methyl sites for hydroxylation is 1. The molecule has 3 N–H and O–H groups in total. The number of nitrogens with zero attached hydrogens (tertiary/aromatic N) is 5. The van der Waals surface area contributed by atoms with Crippen LogP contribution in [-0.4, -0.2) is 73.1 Å². The SMILES string of the molecule is CCCCCc1ccc(C#Cc2nc(NOC)c3ncn([C@@H]4O[C@H](N(C=O)CC)[C@@H](O)[C@H]4O)c3n2)cc1. The van der Waals surface area contributed by atoms with Crippen LogP contribution >= 0.6 is 0 Å². The highest BCUT2D eigenvalue weighted by Gasteiger charge is 2.46. The number of ether oxygens (including phenoxy) is 1. The van der Waals surface area contributed by atoms with E-state index in [4.69, 9.17) is 9.57 Å². The van der Waals surface area contributed by atoms with Crippen LogP contribution in [0, 0.1) is 11.8 Å². The first kappa shape index (κ1) is 26.5. The van der Waals surface area contributed by atoms with Gasteiger partial charge in [-0.05, 0) is 43.4 Å². The Balaban J connectivity index is 1.64. The molecule has 3 heterocycles. The van der Waals surface area contributed by atoms with Crippen molar-refractivity contribution in [2.45, 2.75) is 64.2 Å². The Kier molecular flexibility index (Phi) is 8.68. The van der Waals surface area contributed by atoms with Crippen molar-refractivity contribution in [1.82, 2.24) is 24.4 Å². The third-order valence-corrected chi connectivity index (χ3v) is 6.28. The lowest BCUT2D eigenvalue weighted by Gasteiger charge is -2.25. The van der Waals surface area contributed by atoms with Crippen LogP contribution in [0.1, 0.15) is 56.3 Å². The van der Waals surface area contributed by atoms with Crippen molar-refractivity contribution in [2.24, 2.45) is 0 Å². The second-order valence-electron chi connectivity index (χ2n) is 8.76. The molecule has 2 aromatic heterocycles. The number of hydrogen-bond acceptors (Lipinski definition) is 9. The molecule has 1 amide bonds. The van der Waals surface area contributed by atoms with Crippen LogP contribution in [0.2, 0.25) is 0 Å². The zero-order chi connectivity index (χ0) is 26.4. The summed E-state index contributed by atoms with van der Waals surface area (Å²) >= 11 is 0. The number of nitrogens with one attached hydrogen (secondary N) is 1. The minimum atomic E-state index is -1.32. The number of benzene rings is 1. The number of anilines is 1. The van der Waals surface area contributed by atoms with E-state index >= 15 is 0 Å². The molecule has 1 aliphatic heterocycles. The maximum atomic E-state index is 11.4. The minimum absolute atomic E-state index is 0.202. The number of carbonyl (C=O) groups is 1. The van der Waals surface area contributed by atoms with Crippen LogP contribution in [0.25, 0.3) is 11.2 Å². The normalized spacial score (nSPS) is 21.0. The number of carbonyl (C=O) groups excluding carboxylic acids is 1. The Bertz CT molecular complexity index is 1270. The first-order valence-corrected chi connectivity index (χ1v) is 12.4. The summed E-state index contributed by atoms with van der Waals surface area (Å²) in [7, 11) is 1.45. The second-order valence-corrected chi connectivity index (χ2v) is 8.76. The zero-order valence-electron chi connectivity index (χ0n) is 21.2. The van der Waals surface area contributed by atoms with Crippen molar-refractivity contribution in [3.05, 3.63) is 47.5 Å². The van der Waals surface area contributed by atoms with Crippen LogP contribution in [0.3, 0.4) is 0 Å². The monoisotopic (exact) mass is 508 g/mol. The smallest absolute Gasteiger partial charge is 0.211 e. The molecule has 196 valence electrons. The van der Waals surface area contributed by atoms with Gasteiger partial charge in [0, 0.05) is 12.1 Å². The predicted octanol–water partition coefficient (Wildman–Crippen LogP) is 1.99. The summed E-state index contributed by atoms with van der Waals surface area (Å²) in [6, 6.07) is 8.11. The molecule has 11 nitrogen and oxygen atoms in total. The number of likely N-dealkylation sites (N-methyl/N-ethyl adjacent to an activating group) is 1. The Morgan fingerprint density at radius 3 is 2.62 bits per heavy atom. The van der Waals surface area contributed by atoms with E-state index in [1.165, 1.54) is 47.7 Å². The van der Waals surface area contributed by atoms with Gasteiger partial charge in [-0.2, -0.15) is 4.98 Å². The lowest BCUT2D eigenvalue weighted by molar-refractivity contribution is -0.141. The summed E-state index contributed by atoms with van der Waals surface area (Å²) in [5, 5.41) is 21.2. The molecule has 4 atom stereocenters. The molecule has 1 saturated heterocycles. The summed E-state index contributed by atoms with van der Waals surface area (Å²) in [6.07, 6.45) is 1.94. The molecule has 1 fully saturated rings. The van der Waals surface area contributed by atoms with Gasteiger partial charge in [-0.1, -0.05) is 37.8 Å². The summed E-state index contributed by atoms with van der Waals surface area (Å²) in [4.78, 5) is 31.0. The molecule has 0 saturated carbocycles. The first-order chi connectivity index (χ1) is 18.0. The molecular weight excluding hydrogens is 476 g/mol. The fourth-order valence-electron chi connectivity index (χ4n) is 4.25. The van der Waals surface area contributed by atoms with E-state index in [1.807, 2.05) is 12.1 Å². The number of amides is 1. The highest BCUT2D eigenvalue weighted by Crippen LogP contribution is 2.33. The van der Waals surface area contributed by atoms with Gasteiger partial charge in [-0.25, -0.2) is 15.4 Å². The van der Waals surface area contributed by atoms with Crippen LogP contribution in [0.4, 0.5) is 5.82 Å². The van der Waals surface area contributed by atoms with Crippen LogP contribution in [0.5, 0.6) is 0 Å². The van der Waals surface area contributed by atoms with Crippen LogP contribution < -0.4 is 5.48 Å². The van der Waals surface area contributed by atoms with Gasteiger partial charge < -0.3 is 19.8 Å². The van der Waals surface area contributed by atoms with E-state index in [-0.39, 0.29) is 11.6 Å². The van der Waals surface area contributed by atoms with Crippen molar-refractivity contribution < 1.29 is 24.6 Å². The van der Waals surface area contributed by atoms with Crippen molar-refractivity contribution in [2.75, 3.05) is 19.1 Å². The molecule has 4 rings (SSSR count). The number of aliphatic hydroxyl groups is 2. The largest absolute Gasteiger partial charge is 0.385 e. The Morgan fingerprint density at radius 2 is 1.95 bits per heavy atom. The van der Waals surface area contributed by atoms with E-state index < -0.39 is 24.7 Å². The Hall–Kier alpha value is -3.56. The molecule has 11 heteroatoms. The fraction of sp³-hybridized carbons (Fsp3) is 0.462. The number of aliphatic hydroxyl groups excluding tert-OH is 2. The summed E-state index contributed by atoms with van der Waals surface area (Å²) in [5.74, 6) is 6.55. The van der Waals surface area contributed by atoms with Crippen molar-refractivity contribution >= 4 is 23.4 Å². The fourth-order valence-corrected chi connectivity index (χ4v) is 4.25. The summed E-state index contributed by atoms with van der Waals surface area (Å²) in [5.41, 5.74) is 5.47. The van der Waals surface area contributed by atoms with Gasteiger partial charge in [-0.15, -0.1) is 0 Å². The van der Waals surface area contributed by atoms with Crippen LogP contribution in [-0.2, 0) is 20.8 Å². The zero-order valence-corrected chi connectivity index (χ0v) is 21.2. The van der Waals surface area contributed by atoms with E-state index in [2.05, 4.69) is 51.3 Å². The maximum absolute atomic E-state index is 11.4. The van der Waals surface area contributed by atoms with Gasteiger partial charge in [0.2, 0.25) is 12.2 Å². The van der Waals surface area contributed by atoms with Crippen molar-refractivity contribution in [3.8, 4) is 11.8 Å².